The molecule has 9 heteroatoms. The van der Waals surface area contributed by atoms with E-state index in [4.69, 9.17) is 11.6 Å². The number of carbonyl (C=O) groups excluding carboxylic acids is 2. The number of nitrogens with one attached hydrogen (secondary N) is 1. The van der Waals surface area contributed by atoms with E-state index in [1.165, 1.54) is 17.0 Å². The van der Waals surface area contributed by atoms with Gasteiger partial charge in [0.05, 0.1) is 10.6 Å². The Hall–Kier alpha value is -3.36. The first-order valence-electron chi connectivity index (χ1n) is 12.6. The minimum atomic E-state index is -4.08. The third-order valence-electron chi connectivity index (χ3n) is 6.02. The molecular weight excluding hydrogens is 522 g/mol. The Morgan fingerprint density at radius 2 is 1.47 bits per heavy atom. The molecule has 0 fully saturated rings. The van der Waals surface area contributed by atoms with Crippen molar-refractivity contribution in [2.75, 3.05) is 17.4 Å². The van der Waals surface area contributed by atoms with Crippen LogP contribution in [0.5, 0.6) is 0 Å². The molecule has 1 N–H and O–H groups in total. The lowest BCUT2D eigenvalue weighted by Gasteiger charge is -2.33. The van der Waals surface area contributed by atoms with Gasteiger partial charge in [0.25, 0.3) is 10.0 Å². The average Bonchev–Trinajstić information content (AvgIpc) is 2.92. The van der Waals surface area contributed by atoms with Gasteiger partial charge in [-0.2, -0.15) is 0 Å². The lowest BCUT2D eigenvalue weighted by molar-refractivity contribution is -0.140. The van der Waals surface area contributed by atoms with Gasteiger partial charge >= 0.3 is 0 Å². The summed E-state index contributed by atoms with van der Waals surface area (Å²) in [6.07, 6.45) is 0.344. The van der Waals surface area contributed by atoms with Crippen LogP contribution < -0.4 is 9.62 Å². The molecule has 3 aromatic rings. The van der Waals surface area contributed by atoms with Crippen LogP contribution in [-0.2, 0) is 26.2 Å². The third kappa shape index (κ3) is 7.36. The minimum absolute atomic E-state index is 0.0557. The zero-order chi connectivity index (χ0) is 27.7. The summed E-state index contributed by atoms with van der Waals surface area (Å²) >= 11 is 6.41. The maximum atomic E-state index is 14.0. The number of anilines is 1. The largest absolute Gasteiger partial charge is 0.354 e. The standard InChI is InChI=1S/C29H34ClN3O4S/c1-4-27(29(35)31-19-22(2)3)32(20-23-13-11-12-18-26(23)30)28(34)21-33(24-14-7-5-8-15-24)38(36,37)25-16-9-6-10-17-25/h5-18,22,27H,4,19-21H2,1-3H3,(H,31,35). The second-order valence-corrected chi connectivity index (χ2v) is 11.6. The van der Waals surface area contributed by atoms with Crippen molar-refractivity contribution in [1.29, 1.82) is 0 Å². The maximum absolute atomic E-state index is 14.0. The van der Waals surface area contributed by atoms with E-state index in [1.807, 2.05) is 20.8 Å². The van der Waals surface area contributed by atoms with Crippen LogP contribution in [0.2, 0.25) is 5.02 Å². The van der Waals surface area contributed by atoms with E-state index in [2.05, 4.69) is 5.32 Å². The van der Waals surface area contributed by atoms with Gasteiger partial charge in [-0.3, -0.25) is 13.9 Å². The Kier molecular flexibility index (Phi) is 10.3. The second-order valence-electron chi connectivity index (χ2n) is 9.34. The third-order valence-corrected chi connectivity index (χ3v) is 8.18. The number of nitrogens with zero attached hydrogens (tertiary/aromatic N) is 2. The van der Waals surface area contributed by atoms with Crippen molar-refractivity contribution in [2.45, 2.75) is 44.7 Å². The van der Waals surface area contributed by atoms with Gasteiger partial charge in [0.2, 0.25) is 11.8 Å². The van der Waals surface area contributed by atoms with Crippen LogP contribution in [0.1, 0.15) is 32.8 Å². The van der Waals surface area contributed by atoms with Crippen LogP contribution >= 0.6 is 11.6 Å². The Balaban J connectivity index is 2.02. The second kappa shape index (κ2) is 13.4. The van der Waals surface area contributed by atoms with Gasteiger partial charge < -0.3 is 10.2 Å². The van der Waals surface area contributed by atoms with Crippen LogP contribution in [0.15, 0.2) is 89.8 Å². The van der Waals surface area contributed by atoms with Crippen LogP contribution in [0, 0.1) is 5.92 Å². The van der Waals surface area contributed by atoms with E-state index in [9.17, 15) is 18.0 Å². The molecule has 3 aromatic carbocycles. The highest BCUT2D eigenvalue weighted by atomic mass is 35.5. The first-order chi connectivity index (χ1) is 18.1. The highest BCUT2D eigenvalue weighted by Crippen LogP contribution is 2.25. The molecule has 1 atom stereocenters. The van der Waals surface area contributed by atoms with Gasteiger partial charge in [-0.15, -0.1) is 0 Å². The lowest BCUT2D eigenvalue weighted by Crippen LogP contribution is -2.52. The number of benzene rings is 3. The SMILES string of the molecule is CCC(C(=O)NCC(C)C)N(Cc1ccccc1Cl)C(=O)CN(c1ccccc1)S(=O)(=O)c1ccccc1. The number of para-hydroxylation sites is 1. The average molecular weight is 556 g/mol. The van der Waals surface area contributed by atoms with E-state index >= 15 is 0 Å². The van der Waals surface area contributed by atoms with Gasteiger partial charge in [0, 0.05) is 18.1 Å². The van der Waals surface area contributed by atoms with Crippen LogP contribution in [0.3, 0.4) is 0 Å². The van der Waals surface area contributed by atoms with Crippen molar-refractivity contribution in [3.05, 3.63) is 95.5 Å². The molecule has 0 saturated carbocycles. The maximum Gasteiger partial charge on any atom is 0.264 e. The highest BCUT2D eigenvalue weighted by molar-refractivity contribution is 7.92. The van der Waals surface area contributed by atoms with E-state index in [0.29, 0.717) is 29.2 Å². The molecule has 0 aromatic heterocycles. The Morgan fingerprint density at radius 1 is 0.895 bits per heavy atom. The molecule has 7 nitrogen and oxygen atoms in total. The van der Waals surface area contributed by atoms with Crippen molar-refractivity contribution < 1.29 is 18.0 Å². The van der Waals surface area contributed by atoms with Gasteiger partial charge in [-0.1, -0.05) is 87.0 Å². The summed E-state index contributed by atoms with van der Waals surface area (Å²) in [6.45, 7) is 5.82. The first kappa shape index (κ1) is 29.2. The number of hydrogen-bond acceptors (Lipinski definition) is 4. The molecule has 0 aliphatic carbocycles. The first-order valence-corrected chi connectivity index (χ1v) is 14.4. The summed E-state index contributed by atoms with van der Waals surface area (Å²) in [6, 6.07) is 22.7. The quantitative estimate of drug-likeness (QED) is 0.336. The predicted molar refractivity (Wildman–Crippen MR) is 151 cm³/mol. The molecule has 38 heavy (non-hydrogen) atoms. The molecule has 0 spiro atoms. The van der Waals surface area contributed by atoms with Crippen LogP contribution in [0.4, 0.5) is 5.69 Å². The molecule has 3 rings (SSSR count). The highest BCUT2D eigenvalue weighted by Gasteiger charge is 2.33. The van der Waals surface area contributed by atoms with Crippen LogP contribution in [0.25, 0.3) is 0 Å². The normalized spacial score (nSPS) is 12.1. The molecule has 0 aliphatic heterocycles. The fourth-order valence-corrected chi connectivity index (χ4v) is 5.63. The van der Waals surface area contributed by atoms with Gasteiger partial charge in [-0.05, 0) is 48.2 Å². The Bertz CT molecular complexity index is 1320. The summed E-state index contributed by atoms with van der Waals surface area (Å²) in [5.41, 5.74) is 1.01. The zero-order valence-electron chi connectivity index (χ0n) is 21.9. The summed E-state index contributed by atoms with van der Waals surface area (Å²) in [5, 5.41) is 3.37. The smallest absolute Gasteiger partial charge is 0.264 e. The van der Waals surface area contributed by atoms with Gasteiger partial charge in [0.15, 0.2) is 0 Å². The fourth-order valence-electron chi connectivity index (χ4n) is 3.99. The molecule has 0 saturated heterocycles. The van der Waals surface area contributed by atoms with Crippen molar-refractivity contribution in [3.63, 3.8) is 0 Å². The number of amides is 2. The zero-order valence-corrected chi connectivity index (χ0v) is 23.5. The minimum Gasteiger partial charge on any atom is -0.354 e. The van der Waals surface area contributed by atoms with Gasteiger partial charge in [-0.25, -0.2) is 8.42 Å². The summed E-state index contributed by atoms with van der Waals surface area (Å²) in [5.74, 6) is -0.577. The Labute approximate surface area is 230 Å². The van der Waals surface area contributed by atoms with E-state index in [0.717, 1.165) is 4.31 Å². The monoisotopic (exact) mass is 555 g/mol. The van der Waals surface area contributed by atoms with Crippen molar-refractivity contribution in [1.82, 2.24) is 10.2 Å². The van der Waals surface area contributed by atoms with Crippen molar-refractivity contribution >= 4 is 39.1 Å². The van der Waals surface area contributed by atoms with E-state index in [-0.39, 0.29) is 23.3 Å². The van der Waals surface area contributed by atoms with Crippen LogP contribution in [-0.4, -0.2) is 44.3 Å². The molecule has 2 amide bonds. The molecule has 0 bridgehead atoms. The Morgan fingerprint density at radius 3 is 2.05 bits per heavy atom. The number of hydrogen-bond donors (Lipinski definition) is 1. The molecule has 0 aliphatic rings. The molecule has 0 radical (unpaired) electrons. The number of rotatable bonds is 12. The molecule has 1 unspecified atom stereocenters. The summed E-state index contributed by atoms with van der Waals surface area (Å²) < 4.78 is 28.5. The lowest BCUT2D eigenvalue weighted by atomic mass is 10.1. The number of carbonyl (C=O) groups is 2. The van der Waals surface area contributed by atoms with Gasteiger partial charge in [0.1, 0.15) is 12.6 Å². The number of halogens is 1. The molecule has 202 valence electrons. The topological polar surface area (TPSA) is 86.8 Å². The molecular formula is C29H34ClN3O4S. The van der Waals surface area contributed by atoms with Crippen molar-refractivity contribution in [3.8, 4) is 0 Å². The van der Waals surface area contributed by atoms with Crippen molar-refractivity contribution in [2.24, 2.45) is 5.92 Å². The number of sulfonamides is 1. The molecule has 0 heterocycles. The summed E-state index contributed by atoms with van der Waals surface area (Å²) in [4.78, 5) is 28.7. The van der Waals surface area contributed by atoms with E-state index in [1.54, 1.807) is 72.8 Å². The summed E-state index contributed by atoms with van der Waals surface area (Å²) in [7, 11) is -4.08. The predicted octanol–water partition coefficient (Wildman–Crippen LogP) is 5.11. The fraction of sp³-hybridized carbons (Fsp3) is 0.310. The van der Waals surface area contributed by atoms with E-state index < -0.39 is 28.5 Å².